The predicted octanol–water partition coefficient (Wildman–Crippen LogP) is 11.5. The largest absolute Gasteiger partial charge is 0.477 e. The molecular weight excluding hydrogens is 1000 g/mol. The number of thiophene rings is 2. The number of hydrogen-bond acceptors (Lipinski definition) is 16. The molecule has 0 aliphatic carbocycles. The molecule has 0 bridgehead atoms. The molecule has 8 aromatic rings. The number of aromatic carboxylic acids is 1. The van der Waals surface area contributed by atoms with Crippen LogP contribution in [0.1, 0.15) is 115 Å². The molecule has 0 fully saturated rings. The number of aryl methyl sites for hydroxylation is 4. The molecule has 4 N–H and O–H groups in total. The van der Waals surface area contributed by atoms with Crippen molar-refractivity contribution >= 4 is 63.8 Å². The molecule has 396 valence electrons. The molecule has 0 radical (unpaired) electrons. The minimum Gasteiger partial charge on any atom is -0.477 e. The Balaban J connectivity index is 0.000000166. The van der Waals surface area contributed by atoms with Crippen LogP contribution in [0.2, 0.25) is 0 Å². The van der Waals surface area contributed by atoms with Crippen molar-refractivity contribution in [3.63, 3.8) is 0 Å². The fraction of sp³-hybridized carbons (Fsp3) is 0.339. The Morgan fingerprint density at radius 3 is 1.68 bits per heavy atom. The van der Waals surface area contributed by atoms with Crippen LogP contribution >= 0.6 is 22.7 Å². The molecule has 2 atom stereocenters. The highest BCUT2D eigenvalue weighted by Gasteiger charge is 2.23. The number of aromatic nitrogens is 8. The number of nitrogens with one attached hydrogen (secondary N) is 3. The van der Waals surface area contributed by atoms with Gasteiger partial charge in [-0.1, -0.05) is 31.2 Å². The van der Waals surface area contributed by atoms with Gasteiger partial charge in [0, 0.05) is 79.0 Å². The average molecular weight is 1070 g/mol. The van der Waals surface area contributed by atoms with E-state index in [4.69, 9.17) is 19.3 Å². The zero-order valence-electron chi connectivity index (χ0n) is 44.1. The van der Waals surface area contributed by atoms with Crippen molar-refractivity contribution in [1.82, 2.24) is 44.8 Å². The number of ketones is 1. The van der Waals surface area contributed by atoms with Crippen LogP contribution in [-0.4, -0.2) is 81.3 Å². The number of carbonyl (C=O) groups excluding carboxylic acids is 2. The summed E-state index contributed by atoms with van der Waals surface area (Å²) >= 11 is 3.00. The van der Waals surface area contributed by atoms with Crippen molar-refractivity contribution in [2.75, 3.05) is 23.8 Å². The predicted molar refractivity (Wildman–Crippen MR) is 295 cm³/mol. The number of hydrogen-bond donors (Lipinski definition) is 4. The number of ether oxygens (including phenoxy) is 3. The third-order valence-electron chi connectivity index (χ3n) is 12.3. The summed E-state index contributed by atoms with van der Waals surface area (Å²) in [5, 5.41) is 26.2. The molecule has 0 spiro atoms. The van der Waals surface area contributed by atoms with Crippen molar-refractivity contribution in [3.05, 3.63) is 151 Å². The SMILES string of the molecule is Cc1cc(-c2ccnc(Nc3cnn(C)c3)n2)ccc1C(C)CC(=O)c1cc2c(s1)CCOC2.Cc1cc(-c2ccnc(Nc3cnn(C)c3)n2)ccc1C(C)NC(=O)OC(C)(C)C.O=C(O)c1cc2c(s1)CCOC2. The normalized spacial score (nSPS) is 13.6. The maximum absolute atomic E-state index is 13.0. The van der Waals surface area contributed by atoms with Crippen molar-refractivity contribution in [3.8, 4) is 22.5 Å². The zero-order chi connectivity index (χ0) is 54.1. The fourth-order valence-corrected chi connectivity index (χ4v) is 10.8. The lowest BCUT2D eigenvalue weighted by atomic mass is 9.90. The summed E-state index contributed by atoms with van der Waals surface area (Å²) in [6.45, 7) is 16.4. The second kappa shape index (κ2) is 24.3. The molecule has 2 unspecified atom stereocenters. The summed E-state index contributed by atoms with van der Waals surface area (Å²) in [4.78, 5) is 57.2. The van der Waals surface area contributed by atoms with Crippen LogP contribution in [0.15, 0.2) is 97.8 Å². The minimum atomic E-state index is -0.839. The summed E-state index contributed by atoms with van der Waals surface area (Å²) < 4.78 is 19.5. The molecular formula is C56H63N11O7S2. The number of nitrogens with zero attached hydrogens (tertiary/aromatic N) is 8. The third kappa shape index (κ3) is 14.6. The van der Waals surface area contributed by atoms with Crippen molar-refractivity contribution in [1.29, 1.82) is 0 Å². The summed E-state index contributed by atoms with van der Waals surface area (Å²) in [5.74, 6) is 0.522. The fourth-order valence-electron chi connectivity index (χ4n) is 8.69. The topological polar surface area (TPSA) is 222 Å². The lowest BCUT2D eigenvalue weighted by Gasteiger charge is -2.23. The standard InChI is InChI=1S/C26H27N5O2S.C22H28N6O2.C8H8O3S/c1-16-10-18(22-6-8-27-26(30-22)29-20-13-28-31(3)14-20)4-5-21(16)17(2)11-23(32)25-12-19-15-33-9-7-24(19)34-25;1-14-11-16(7-8-18(14)15(2)25-21(29)30-22(3,4)5)19-9-10-23-20(27-19)26-17-12-24-28(6)13-17;9-8(10)7-3-5-4-11-2-1-6(5)12-7/h4-6,8,10,12-14,17H,7,9,11,15H2,1-3H3,(H,27,29,30);7-13,15H,1-6H3,(H,25,29)(H,23,26,27);3H,1-2,4H2,(H,9,10). The molecule has 0 saturated heterocycles. The van der Waals surface area contributed by atoms with Gasteiger partial charge < -0.3 is 35.3 Å². The van der Waals surface area contributed by atoms with Gasteiger partial charge in [-0.3, -0.25) is 14.2 Å². The van der Waals surface area contributed by atoms with Crippen LogP contribution in [0.5, 0.6) is 0 Å². The summed E-state index contributed by atoms with van der Waals surface area (Å²) in [5.41, 5.74) is 11.4. The van der Waals surface area contributed by atoms with Crippen LogP contribution in [-0.2, 0) is 54.4 Å². The first-order chi connectivity index (χ1) is 36.3. The first-order valence-corrected chi connectivity index (χ1v) is 26.5. The van der Waals surface area contributed by atoms with Gasteiger partial charge >= 0.3 is 12.1 Å². The highest BCUT2D eigenvalue weighted by molar-refractivity contribution is 7.14. The van der Waals surface area contributed by atoms with Crippen LogP contribution in [0, 0.1) is 13.8 Å². The Kier molecular flexibility index (Phi) is 17.5. The van der Waals surface area contributed by atoms with Crippen LogP contribution in [0.4, 0.5) is 28.1 Å². The van der Waals surface area contributed by atoms with E-state index in [1.165, 1.54) is 32.2 Å². The van der Waals surface area contributed by atoms with Gasteiger partial charge in [0.1, 0.15) is 10.5 Å². The lowest BCUT2D eigenvalue weighted by Crippen LogP contribution is -2.34. The smallest absolute Gasteiger partial charge is 0.408 e. The molecule has 10 rings (SSSR count). The van der Waals surface area contributed by atoms with E-state index in [0.29, 0.717) is 43.0 Å². The number of amides is 1. The van der Waals surface area contributed by atoms with Gasteiger partial charge in [-0.05, 0) is 117 Å². The number of anilines is 4. The van der Waals surface area contributed by atoms with Crippen LogP contribution < -0.4 is 16.0 Å². The Hall–Kier alpha value is -7.65. The maximum atomic E-state index is 13.0. The number of carbonyl (C=O) groups is 3. The Morgan fingerprint density at radius 1 is 0.724 bits per heavy atom. The van der Waals surface area contributed by atoms with Crippen LogP contribution in [0.3, 0.4) is 0 Å². The summed E-state index contributed by atoms with van der Waals surface area (Å²) in [6, 6.07) is 19.7. The number of Topliss-reactive ketones (excluding diaryl/α,β-unsaturated/α-hetero) is 1. The van der Waals surface area contributed by atoms with E-state index in [0.717, 1.165) is 80.5 Å². The molecule has 18 nitrogen and oxygen atoms in total. The minimum absolute atomic E-state index is 0.130. The number of carboxylic acids is 1. The van der Waals surface area contributed by atoms with E-state index >= 15 is 0 Å². The van der Waals surface area contributed by atoms with E-state index < -0.39 is 17.7 Å². The molecule has 1 amide bonds. The monoisotopic (exact) mass is 1070 g/mol. The Labute approximate surface area is 450 Å². The van der Waals surface area contributed by atoms with Gasteiger partial charge in [0.25, 0.3) is 0 Å². The van der Waals surface area contributed by atoms with Crippen molar-refractivity contribution < 1.29 is 33.7 Å². The van der Waals surface area contributed by atoms with Crippen LogP contribution in [0.25, 0.3) is 22.5 Å². The van der Waals surface area contributed by atoms with Gasteiger partial charge in [-0.15, -0.1) is 22.7 Å². The molecule has 8 heterocycles. The Morgan fingerprint density at radius 2 is 1.22 bits per heavy atom. The van der Waals surface area contributed by atoms with Gasteiger partial charge in [0.05, 0.1) is 72.5 Å². The highest BCUT2D eigenvalue weighted by atomic mass is 32.1. The molecule has 6 aromatic heterocycles. The van der Waals surface area contributed by atoms with Gasteiger partial charge in [0.15, 0.2) is 5.78 Å². The number of alkyl carbamates (subject to hydrolysis) is 1. The van der Waals surface area contributed by atoms with Crippen molar-refractivity contribution in [2.24, 2.45) is 14.1 Å². The van der Waals surface area contributed by atoms with Gasteiger partial charge in [-0.25, -0.2) is 29.5 Å². The molecule has 2 aliphatic rings. The first kappa shape index (κ1) is 54.6. The lowest BCUT2D eigenvalue weighted by molar-refractivity contribution is 0.0507. The van der Waals surface area contributed by atoms with Gasteiger partial charge in [-0.2, -0.15) is 10.2 Å². The number of benzene rings is 2. The summed E-state index contributed by atoms with van der Waals surface area (Å²) in [6.07, 6.45) is 12.5. The number of rotatable bonds is 13. The average Bonchev–Trinajstić information content (AvgIpc) is 4.21. The van der Waals surface area contributed by atoms with E-state index in [1.54, 1.807) is 51.6 Å². The second-order valence-corrected chi connectivity index (χ2v) is 21.9. The Bertz CT molecular complexity index is 3290. The molecule has 20 heteroatoms. The third-order valence-corrected chi connectivity index (χ3v) is 14.8. The first-order valence-electron chi connectivity index (χ1n) is 24.9. The zero-order valence-corrected chi connectivity index (χ0v) is 45.8. The van der Waals surface area contributed by atoms with E-state index in [2.05, 4.69) is 84.2 Å². The van der Waals surface area contributed by atoms with Gasteiger partial charge in [0.2, 0.25) is 11.9 Å². The van der Waals surface area contributed by atoms with E-state index in [-0.39, 0.29) is 17.7 Å². The van der Waals surface area contributed by atoms with E-state index in [9.17, 15) is 14.4 Å². The highest BCUT2D eigenvalue weighted by Crippen LogP contribution is 2.33. The summed E-state index contributed by atoms with van der Waals surface area (Å²) in [7, 11) is 3.72. The number of carboxylic acid groups (broad SMARTS) is 1. The quantitative estimate of drug-likeness (QED) is 0.0789. The molecule has 0 saturated carbocycles. The molecule has 2 aliphatic heterocycles. The van der Waals surface area contributed by atoms with E-state index in [1.807, 2.05) is 91.4 Å². The molecule has 76 heavy (non-hydrogen) atoms. The van der Waals surface area contributed by atoms with Crippen molar-refractivity contribution in [2.45, 2.75) is 98.5 Å². The number of fused-ring (bicyclic) bond motifs is 2. The molecule has 2 aromatic carbocycles. The maximum Gasteiger partial charge on any atom is 0.408 e. The second-order valence-electron chi connectivity index (χ2n) is 19.7.